The summed E-state index contributed by atoms with van der Waals surface area (Å²) in [5.41, 5.74) is 5.53. The first-order valence-corrected chi connectivity index (χ1v) is 5.37. The summed E-state index contributed by atoms with van der Waals surface area (Å²) in [4.78, 5) is 19.4. The second-order valence-electron chi connectivity index (χ2n) is 3.91. The van der Waals surface area contributed by atoms with E-state index in [1.54, 1.807) is 24.4 Å². The molecule has 1 heterocycles. The van der Waals surface area contributed by atoms with Crippen LogP contribution >= 0.6 is 0 Å². The number of guanidine groups is 1. The van der Waals surface area contributed by atoms with E-state index in [2.05, 4.69) is 20.6 Å². The highest BCUT2D eigenvalue weighted by Gasteiger charge is 2.03. The van der Waals surface area contributed by atoms with Gasteiger partial charge in [-0.3, -0.25) is 15.6 Å². The van der Waals surface area contributed by atoms with Crippen molar-refractivity contribution in [1.82, 2.24) is 10.3 Å². The molecule has 0 radical (unpaired) electrons. The van der Waals surface area contributed by atoms with Gasteiger partial charge in [0, 0.05) is 12.7 Å². The van der Waals surface area contributed by atoms with Gasteiger partial charge in [0.1, 0.15) is 5.82 Å². The zero-order valence-corrected chi connectivity index (χ0v) is 9.97. The molecule has 17 heavy (non-hydrogen) atoms. The summed E-state index contributed by atoms with van der Waals surface area (Å²) in [6.07, 6.45) is 1.59. The SMILES string of the molecule is CC(C)CN=C(N)NC(=O)Nc1ccccn1. The van der Waals surface area contributed by atoms with Gasteiger partial charge >= 0.3 is 6.03 Å². The van der Waals surface area contributed by atoms with Crippen LogP contribution in [0.25, 0.3) is 0 Å². The van der Waals surface area contributed by atoms with Gasteiger partial charge in [-0.1, -0.05) is 19.9 Å². The monoisotopic (exact) mass is 235 g/mol. The van der Waals surface area contributed by atoms with Gasteiger partial charge in [0.25, 0.3) is 0 Å². The summed E-state index contributed by atoms with van der Waals surface area (Å²) in [6.45, 7) is 4.62. The number of amides is 2. The van der Waals surface area contributed by atoms with Crippen LogP contribution in [0.1, 0.15) is 13.8 Å². The fourth-order valence-corrected chi connectivity index (χ4v) is 1.02. The topological polar surface area (TPSA) is 92.4 Å². The van der Waals surface area contributed by atoms with E-state index in [0.717, 1.165) is 0 Å². The van der Waals surface area contributed by atoms with Crippen LogP contribution < -0.4 is 16.4 Å². The molecule has 0 unspecified atom stereocenters. The quantitative estimate of drug-likeness (QED) is 0.542. The van der Waals surface area contributed by atoms with E-state index in [9.17, 15) is 4.79 Å². The van der Waals surface area contributed by atoms with Crippen molar-refractivity contribution in [3.05, 3.63) is 24.4 Å². The smallest absolute Gasteiger partial charge is 0.327 e. The molecule has 1 aromatic rings. The Balaban J connectivity index is 2.42. The van der Waals surface area contributed by atoms with Gasteiger partial charge in [0.15, 0.2) is 5.96 Å². The molecule has 0 fully saturated rings. The number of carbonyl (C=O) groups excluding carboxylic acids is 1. The maximum Gasteiger partial charge on any atom is 0.327 e. The summed E-state index contributed by atoms with van der Waals surface area (Å²) >= 11 is 0. The minimum absolute atomic E-state index is 0.104. The molecule has 0 spiro atoms. The van der Waals surface area contributed by atoms with Gasteiger partial charge in [0.2, 0.25) is 0 Å². The molecule has 6 heteroatoms. The van der Waals surface area contributed by atoms with Gasteiger partial charge < -0.3 is 5.73 Å². The summed E-state index contributed by atoms with van der Waals surface area (Å²) < 4.78 is 0. The minimum atomic E-state index is -0.450. The zero-order valence-electron chi connectivity index (χ0n) is 9.97. The third-order valence-electron chi connectivity index (χ3n) is 1.77. The lowest BCUT2D eigenvalue weighted by Crippen LogP contribution is -2.40. The number of anilines is 1. The molecular formula is C11H17N5O. The molecule has 0 saturated carbocycles. The first-order valence-electron chi connectivity index (χ1n) is 5.37. The van der Waals surface area contributed by atoms with Crippen LogP contribution in [0.5, 0.6) is 0 Å². The molecular weight excluding hydrogens is 218 g/mol. The Hall–Kier alpha value is -2.11. The lowest BCUT2D eigenvalue weighted by Gasteiger charge is -2.06. The maximum atomic E-state index is 11.4. The van der Waals surface area contributed by atoms with Crippen LogP contribution in [-0.2, 0) is 0 Å². The third-order valence-corrected chi connectivity index (χ3v) is 1.77. The highest BCUT2D eigenvalue weighted by atomic mass is 16.2. The molecule has 0 aliphatic carbocycles. The average Bonchev–Trinajstić information content (AvgIpc) is 2.27. The highest BCUT2D eigenvalue weighted by molar-refractivity contribution is 6.01. The van der Waals surface area contributed by atoms with Crippen LogP contribution in [0.3, 0.4) is 0 Å². The Morgan fingerprint density at radius 1 is 1.53 bits per heavy atom. The Morgan fingerprint density at radius 3 is 2.88 bits per heavy atom. The van der Waals surface area contributed by atoms with Crippen molar-refractivity contribution in [2.75, 3.05) is 11.9 Å². The molecule has 0 saturated heterocycles. The number of nitrogens with zero attached hydrogens (tertiary/aromatic N) is 2. The first-order chi connectivity index (χ1) is 8.08. The molecule has 4 N–H and O–H groups in total. The second-order valence-corrected chi connectivity index (χ2v) is 3.91. The summed E-state index contributed by atoms with van der Waals surface area (Å²) in [7, 11) is 0. The summed E-state index contributed by atoms with van der Waals surface area (Å²) in [5, 5.41) is 4.96. The average molecular weight is 235 g/mol. The highest BCUT2D eigenvalue weighted by Crippen LogP contribution is 1.98. The number of carbonyl (C=O) groups is 1. The third kappa shape index (κ3) is 5.50. The van der Waals surface area contributed by atoms with Crippen LogP contribution in [0.4, 0.5) is 10.6 Å². The molecule has 0 bridgehead atoms. The molecule has 0 aliphatic heterocycles. The lowest BCUT2D eigenvalue weighted by molar-refractivity contribution is 0.256. The van der Waals surface area contributed by atoms with E-state index in [1.165, 1.54) is 0 Å². The number of aliphatic imine (C=N–C) groups is 1. The van der Waals surface area contributed by atoms with E-state index in [1.807, 2.05) is 13.8 Å². The van der Waals surface area contributed by atoms with Gasteiger partial charge in [-0.2, -0.15) is 0 Å². The number of nitrogens with one attached hydrogen (secondary N) is 2. The minimum Gasteiger partial charge on any atom is -0.370 e. The Kier molecular flexibility index (Phi) is 4.93. The Bertz CT molecular complexity index is 388. The molecule has 0 aliphatic rings. The first kappa shape index (κ1) is 13.0. The van der Waals surface area contributed by atoms with Crippen molar-refractivity contribution in [1.29, 1.82) is 0 Å². The molecule has 0 atom stereocenters. The number of hydrogen-bond acceptors (Lipinski definition) is 3. The number of pyridine rings is 1. The van der Waals surface area contributed by atoms with E-state index in [0.29, 0.717) is 18.3 Å². The van der Waals surface area contributed by atoms with Gasteiger partial charge in [-0.15, -0.1) is 0 Å². The number of urea groups is 1. The van der Waals surface area contributed by atoms with Gasteiger partial charge in [-0.05, 0) is 18.1 Å². The fraction of sp³-hybridized carbons (Fsp3) is 0.364. The van der Waals surface area contributed by atoms with Crippen LogP contribution in [0.2, 0.25) is 0 Å². The number of hydrogen-bond donors (Lipinski definition) is 3. The molecule has 1 rings (SSSR count). The second kappa shape index (κ2) is 6.47. The summed E-state index contributed by atoms with van der Waals surface area (Å²) in [6, 6.07) is 4.77. The fourth-order valence-electron chi connectivity index (χ4n) is 1.02. The maximum absolute atomic E-state index is 11.4. The van der Waals surface area contributed by atoms with E-state index in [-0.39, 0.29) is 5.96 Å². The molecule has 92 valence electrons. The predicted octanol–water partition coefficient (Wildman–Crippen LogP) is 1.17. The largest absolute Gasteiger partial charge is 0.370 e. The van der Waals surface area contributed by atoms with Crippen molar-refractivity contribution < 1.29 is 4.79 Å². The van der Waals surface area contributed by atoms with Crippen molar-refractivity contribution in [2.45, 2.75) is 13.8 Å². The number of nitrogens with two attached hydrogens (primary N) is 1. The molecule has 6 nitrogen and oxygen atoms in total. The Labute approximate surface area is 100 Å². The molecule has 1 aromatic heterocycles. The number of rotatable bonds is 3. The summed E-state index contributed by atoms with van der Waals surface area (Å²) in [5.74, 6) is 0.961. The van der Waals surface area contributed by atoms with Crippen molar-refractivity contribution >= 4 is 17.8 Å². The van der Waals surface area contributed by atoms with E-state index in [4.69, 9.17) is 5.73 Å². The normalized spacial score (nSPS) is 11.4. The lowest BCUT2D eigenvalue weighted by atomic mass is 10.2. The van der Waals surface area contributed by atoms with E-state index < -0.39 is 6.03 Å². The zero-order chi connectivity index (χ0) is 12.7. The molecule has 2 amide bonds. The van der Waals surface area contributed by atoms with Crippen LogP contribution in [-0.4, -0.2) is 23.5 Å². The van der Waals surface area contributed by atoms with Crippen LogP contribution in [0.15, 0.2) is 29.4 Å². The van der Waals surface area contributed by atoms with Crippen molar-refractivity contribution in [3.63, 3.8) is 0 Å². The number of aromatic nitrogens is 1. The Morgan fingerprint density at radius 2 is 2.29 bits per heavy atom. The van der Waals surface area contributed by atoms with Crippen molar-refractivity contribution in [3.8, 4) is 0 Å². The van der Waals surface area contributed by atoms with Gasteiger partial charge in [-0.25, -0.2) is 9.78 Å². The van der Waals surface area contributed by atoms with Crippen molar-refractivity contribution in [2.24, 2.45) is 16.6 Å². The standard InChI is InChI=1S/C11H17N5O/c1-8(2)7-14-10(12)16-11(17)15-9-5-3-4-6-13-9/h3-6,8H,7H2,1-2H3,(H4,12,13,14,15,16,17). The predicted molar refractivity (Wildman–Crippen MR) is 67.7 cm³/mol. The van der Waals surface area contributed by atoms with Crippen LogP contribution in [0, 0.1) is 5.92 Å². The van der Waals surface area contributed by atoms with E-state index >= 15 is 0 Å². The molecule has 0 aromatic carbocycles. The van der Waals surface area contributed by atoms with Gasteiger partial charge in [0.05, 0.1) is 0 Å².